The number of carbonyl (C=O) groups excluding carboxylic acids is 1. The van der Waals surface area contributed by atoms with Gasteiger partial charge in [0.2, 0.25) is 5.95 Å². The number of fused-ring (bicyclic) bond motifs is 1. The number of benzene rings is 1. The number of nitrogens with two attached hydrogens (primary N) is 1. The van der Waals surface area contributed by atoms with Gasteiger partial charge in [-0.05, 0) is 82.4 Å². The second-order valence-electron chi connectivity index (χ2n) is 9.77. The molecule has 5 rings (SSSR count). The van der Waals surface area contributed by atoms with E-state index in [1.54, 1.807) is 19.4 Å². The summed E-state index contributed by atoms with van der Waals surface area (Å²) in [7, 11) is 5.81. The molecule has 10 heteroatoms. The Balaban J connectivity index is 1.30. The molecule has 1 fully saturated rings. The van der Waals surface area contributed by atoms with Crippen LogP contribution in [-0.4, -0.2) is 59.1 Å². The quantitative estimate of drug-likeness (QED) is 0.399. The summed E-state index contributed by atoms with van der Waals surface area (Å²) in [5.41, 5.74) is 9.24. The zero-order valence-electron chi connectivity index (χ0n) is 21.5. The third kappa shape index (κ3) is 5.59. The van der Waals surface area contributed by atoms with Crippen LogP contribution < -0.4 is 25.8 Å². The summed E-state index contributed by atoms with van der Waals surface area (Å²) in [4.78, 5) is 27.7. The molecule has 2 heterocycles. The topological polar surface area (TPSA) is 128 Å². The summed E-state index contributed by atoms with van der Waals surface area (Å²) >= 11 is 0. The standard InChI is InChI=1S/C27H33N7O3/c1-34(2)18-14-19(15-18)37-22-9-8-17(13-23(22)36-3)30-27-29-11-10-24(33-27)31-21-12-16-6-4-5-7-20(16)32-25(21)26(28)35/h8-13,18-19H,4-7,14-15H2,1-3H3,(H2,28,35)(H2,29,30,31,33). The highest BCUT2D eigenvalue weighted by Crippen LogP contribution is 2.36. The average molecular weight is 504 g/mol. The van der Waals surface area contributed by atoms with Crippen molar-refractivity contribution in [2.75, 3.05) is 31.8 Å². The van der Waals surface area contributed by atoms with Gasteiger partial charge in [-0.2, -0.15) is 4.98 Å². The van der Waals surface area contributed by atoms with Crippen LogP contribution in [0.15, 0.2) is 36.5 Å². The van der Waals surface area contributed by atoms with E-state index in [0.717, 1.165) is 55.5 Å². The van der Waals surface area contributed by atoms with Gasteiger partial charge in [-0.3, -0.25) is 4.79 Å². The lowest BCUT2D eigenvalue weighted by molar-refractivity contribution is 0.0383. The largest absolute Gasteiger partial charge is 0.493 e. The predicted octanol–water partition coefficient (Wildman–Crippen LogP) is 3.82. The van der Waals surface area contributed by atoms with Gasteiger partial charge in [0.15, 0.2) is 17.2 Å². The van der Waals surface area contributed by atoms with Crippen LogP contribution in [0.2, 0.25) is 0 Å². The first-order valence-electron chi connectivity index (χ1n) is 12.6. The van der Waals surface area contributed by atoms with Gasteiger partial charge < -0.3 is 30.7 Å². The number of anilines is 4. The molecule has 0 unspecified atom stereocenters. The highest BCUT2D eigenvalue weighted by molar-refractivity contribution is 5.97. The van der Waals surface area contributed by atoms with E-state index < -0.39 is 5.91 Å². The van der Waals surface area contributed by atoms with Crippen LogP contribution in [0.4, 0.5) is 23.1 Å². The van der Waals surface area contributed by atoms with Crippen LogP contribution in [0.1, 0.15) is 47.4 Å². The van der Waals surface area contributed by atoms with Crippen LogP contribution in [0.3, 0.4) is 0 Å². The molecule has 0 saturated heterocycles. The Labute approximate surface area is 216 Å². The number of nitrogens with one attached hydrogen (secondary N) is 2. The van der Waals surface area contributed by atoms with Gasteiger partial charge in [0.25, 0.3) is 5.91 Å². The fraction of sp³-hybridized carbons (Fsp3) is 0.407. The summed E-state index contributed by atoms with van der Waals surface area (Å²) in [6.45, 7) is 0. The van der Waals surface area contributed by atoms with Crippen molar-refractivity contribution in [3.05, 3.63) is 53.5 Å². The number of hydrogen-bond acceptors (Lipinski definition) is 9. The first kappa shape index (κ1) is 24.8. The molecule has 0 radical (unpaired) electrons. The minimum Gasteiger partial charge on any atom is -0.493 e. The molecule has 4 N–H and O–H groups in total. The molecule has 37 heavy (non-hydrogen) atoms. The number of pyridine rings is 1. The van der Waals surface area contributed by atoms with E-state index in [4.69, 9.17) is 15.2 Å². The van der Waals surface area contributed by atoms with E-state index in [1.807, 2.05) is 24.3 Å². The van der Waals surface area contributed by atoms with E-state index in [9.17, 15) is 4.79 Å². The number of methoxy groups -OCH3 is 1. The van der Waals surface area contributed by atoms with Crippen molar-refractivity contribution in [2.45, 2.75) is 50.7 Å². The first-order valence-corrected chi connectivity index (χ1v) is 12.6. The Morgan fingerprint density at radius 3 is 2.62 bits per heavy atom. The lowest BCUT2D eigenvalue weighted by Gasteiger charge is -2.39. The minimum absolute atomic E-state index is 0.189. The van der Waals surface area contributed by atoms with Crippen molar-refractivity contribution in [1.29, 1.82) is 0 Å². The van der Waals surface area contributed by atoms with Crippen LogP contribution in [0.5, 0.6) is 11.5 Å². The molecule has 0 atom stereocenters. The smallest absolute Gasteiger partial charge is 0.269 e. The summed E-state index contributed by atoms with van der Waals surface area (Å²) in [6, 6.07) is 9.91. The van der Waals surface area contributed by atoms with Crippen molar-refractivity contribution in [2.24, 2.45) is 5.73 Å². The molecule has 1 amide bonds. The molecule has 2 aromatic heterocycles. The Morgan fingerprint density at radius 1 is 1.05 bits per heavy atom. The number of hydrogen-bond donors (Lipinski definition) is 3. The van der Waals surface area contributed by atoms with Crippen molar-refractivity contribution in [3.8, 4) is 11.5 Å². The lowest BCUT2D eigenvalue weighted by Crippen LogP contribution is -2.46. The summed E-state index contributed by atoms with van der Waals surface area (Å²) in [5, 5.41) is 6.42. The molecule has 0 spiro atoms. The zero-order valence-corrected chi connectivity index (χ0v) is 21.5. The summed E-state index contributed by atoms with van der Waals surface area (Å²) in [6.07, 6.45) is 7.81. The monoisotopic (exact) mass is 503 g/mol. The molecule has 3 aromatic rings. The van der Waals surface area contributed by atoms with E-state index >= 15 is 0 Å². The van der Waals surface area contributed by atoms with E-state index in [-0.39, 0.29) is 11.8 Å². The second kappa shape index (κ2) is 10.6. The first-order chi connectivity index (χ1) is 17.9. The van der Waals surface area contributed by atoms with Crippen LogP contribution in [0.25, 0.3) is 0 Å². The zero-order chi connectivity index (χ0) is 25.9. The molecule has 1 aromatic carbocycles. The molecular formula is C27H33N7O3. The average Bonchev–Trinajstić information content (AvgIpc) is 2.86. The number of rotatable bonds is 9. The van der Waals surface area contributed by atoms with Gasteiger partial charge in [0.05, 0.1) is 12.8 Å². The Bertz CT molecular complexity index is 1290. The van der Waals surface area contributed by atoms with Gasteiger partial charge >= 0.3 is 0 Å². The molecule has 1 saturated carbocycles. The Hall–Kier alpha value is -3.92. The SMILES string of the molecule is COc1cc(Nc2nccc(Nc3cc4c(nc3C(N)=O)CCCC4)n2)ccc1OC1CC(N(C)C)C1. The number of aryl methyl sites for hydroxylation is 2. The van der Waals surface area contributed by atoms with Gasteiger partial charge in [0.1, 0.15) is 11.9 Å². The number of carbonyl (C=O) groups is 1. The number of ether oxygens (including phenoxy) is 2. The van der Waals surface area contributed by atoms with Gasteiger partial charge in [-0.15, -0.1) is 0 Å². The van der Waals surface area contributed by atoms with Crippen molar-refractivity contribution in [3.63, 3.8) is 0 Å². The normalized spacial score (nSPS) is 18.5. The number of nitrogens with zero attached hydrogens (tertiary/aromatic N) is 4. The predicted molar refractivity (Wildman–Crippen MR) is 142 cm³/mol. The van der Waals surface area contributed by atoms with Gasteiger partial charge in [-0.1, -0.05) is 0 Å². The number of amides is 1. The van der Waals surface area contributed by atoms with Gasteiger partial charge in [0, 0.05) is 29.7 Å². The minimum atomic E-state index is -0.572. The molecular weight excluding hydrogens is 470 g/mol. The third-order valence-electron chi connectivity index (χ3n) is 6.97. The van der Waals surface area contributed by atoms with E-state index in [0.29, 0.717) is 35.0 Å². The molecule has 194 valence electrons. The van der Waals surface area contributed by atoms with E-state index in [1.165, 1.54) is 0 Å². The third-order valence-corrected chi connectivity index (χ3v) is 6.97. The molecule has 2 aliphatic rings. The maximum absolute atomic E-state index is 12.1. The van der Waals surface area contributed by atoms with Crippen LogP contribution in [-0.2, 0) is 12.8 Å². The van der Waals surface area contributed by atoms with Gasteiger partial charge in [-0.25, -0.2) is 9.97 Å². The van der Waals surface area contributed by atoms with Crippen molar-refractivity contribution < 1.29 is 14.3 Å². The maximum atomic E-state index is 12.1. The second-order valence-corrected chi connectivity index (χ2v) is 9.77. The van der Waals surface area contributed by atoms with Crippen molar-refractivity contribution >= 4 is 29.0 Å². The van der Waals surface area contributed by atoms with Crippen LogP contribution >= 0.6 is 0 Å². The lowest BCUT2D eigenvalue weighted by atomic mass is 9.88. The number of aromatic nitrogens is 3. The maximum Gasteiger partial charge on any atom is 0.269 e. The fourth-order valence-corrected chi connectivity index (χ4v) is 4.75. The molecule has 2 aliphatic carbocycles. The highest BCUT2D eigenvalue weighted by Gasteiger charge is 2.32. The Morgan fingerprint density at radius 2 is 1.86 bits per heavy atom. The molecule has 0 aliphatic heterocycles. The molecule has 0 bridgehead atoms. The summed E-state index contributed by atoms with van der Waals surface area (Å²) < 4.78 is 11.7. The summed E-state index contributed by atoms with van der Waals surface area (Å²) in [5.74, 6) is 1.69. The number of primary amides is 1. The highest BCUT2D eigenvalue weighted by atomic mass is 16.5. The van der Waals surface area contributed by atoms with E-state index in [2.05, 4.69) is 44.6 Å². The fourth-order valence-electron chi connectivity index (χ4n) is 4.75. The van der Waals surface area contributed by atoms with Crippen LogP contribution in [0, 0.1) is 0 Å². The Kier molecular flexibility index (Phi) is 7.09. The molecule has 10 nitrogen and oxygen atoms in total. The van der Waals surface area contributed by atoms with Crippen molar-refractivity contribution in [1.82, 2.24) is 19.9 Å².